The molecule has 1 amide bonds. The number of hydrogen-bond donors (Lipinski definition) is 2. The standard InChI is InChI=1S/C13H18N2O3/c1-9-5-3-4-6-11(9)15(8-7-12(16)17)13(18)10(2)14/h3-6,10H,7-8,14H2,1-2H3,(H,16,17)/t10-/m1/s1. The molecule has 0 aliphatic carbocycles. The van der Waals surface area contributed by atoms with Crippen molar-refractivity contribution in [3.63, 3.8) is 0 Å². The summed E-state index contributed by atoms with van der Waals surface area (Å²) in [5.74, 6) is -1.21. The van der Waals surface area contributed by atoms with E-state index >= 15 is 0 Å². The van der Waals surface area contributed by atoms with E-state index < -0.39 is 12.0 Å². The van der Waals surface area contributed by atoms with Gasteiger partial charge in [0.25, 0.3) is 0 Å². The largest absolute Gasteiger partial charge is 0.481 e. The number of amides is 1. The highest BCUT2D eigenvalue weighted by atomic mass is 16.4. The third-order valence-corrected chi connectivity index (χ3v) is 2.61. The van der Waals surface area contributed by atoms with E-state index in [1.807, 2.05) is 25.1 Å². The fraction of sp³-hybridized carbons (Fsp3) is 0.385. The molecule has 0 aliphatic rings. The SMILES string of the molecule is Cc1ccccc1N(CCC(=O)O)C(=O)[C@@H](C)N. The smallest absolute Gasteiger partial charge is 0.305 e. The molecule has 0 fully saturated rings. The van der Waals surface area contributed by atoms with Gasteiger partial charge in [-0.25, -0.2) is 0 Å². The fourth-order valence-corrected chi connectivity index (χ4v) is 1.67. The lowest BCUT2D eigenvalue weighted by molar-refractivity contribution is -0.136. The molecule has 0 radical (unpaired) electrons. The molecule has 0 saturated carbocycles. The first-order valence-corrected chi connectivity index (χ1v) is 5.78. The van der Waals surface area contributed by atoms with Gasteiger partial charge in [-0.1, -0.05) is 18.2 Å². The maximum atomic E-state index is 12.0. The predicted octanol–water partition coefficient (Wildman–Crippen LogP) is 1.15. The monoisotopic (exact) mass is 250 g/mol. The van der Waals surface area contributed by atoms with Crippen LogP contribution in [0, 0.1) is 6.92 Å². The van der Waals surface area contributed by atoms with Crippen LogP contribution in [0.2, 0.25) is 0 Å². The van der Waals surface area contributed by atoms with E-state index in [0.29, 0.717) is 5.69 Å². The topological polar surface area (TPSA) is 83.6 Å². The molecule has 0 aliphatic heterocycles. The van der Waals surface area contributed by atoms with Crippen molar-refractivity contribution in [2.75, 3.05) is 11.4 Å². The van der Waals surface area contributed by atoms with Crippen LogP contribution in [-0.4, -0.2) is 29.6 Å². The normalized spacial score (nSPS) is 11.9. The molecule has 0 heterocycles. The summed E-state index contributed by atoms with van der Waals surface area (Å²) in [6, 6.07) is 6.68. The summed E-state index contributed by atoms with van der Waals surface area (Å²) in [6.45, 7) is 3.59. The quantitative estimate of drug-likeness (QED) is 0.821. The Morgan fingerprint density at radius 1 is 1.39 bits per heavy atom. The summed E-state index contributed by atoms with van der Waals surface area (Å²) in [5.41, 5.74) is 7.22. The van der Waals surface area contributed by atoms with Gasteiger partial charge in [0.05, 0.1) is 12.5 Å². The van der Waals surface area contributed by atoms with Crippen LogP contribution in [0.3, 0.4) is 0 Å². The van der Waals surface area contributed by atoms with Crippen molar-refractivity contribution in [2.24, 2.45) is 5.73 Å². The van der Waals surface area contributed by atoms with E-state index in [4.69, 9.17) is 10.8 Å². The van der Waals surface area contributed by atoms with E-state index in [1.54, 1.807) is 13.0 Å². The molecular formula is C13H18N2O3. The number of carboxylic acid groups (broad SMARTS) is 1. The van der Waals surface area contributed by atoms with Crippen LogP contribution in [0.15, 0.2) is 24.3 Å². The first-order valence-electron chi connectivity index (χ1n) is 5.78. The number of carbonyl (C=O) groups is 2. The minimum absolute atomic E-state index is 0.104. The van der Waals surface area contributed by atoms with Gasteiger partial charge in [0, 0.05) is 12.2 Å². The zero-order chi connectivity index (χ0) is 13.7. The van der Waals surface area contributed by atoms with Gasteiger partial charge in [0.2, 0.25) is 5.91 Å². The second-order valence-electron chi connectivity index (χ2n) is 4.21. The molecule has 3 N–H and O–H groups in total. The Balaban J connectivity index is 3.00. The van der Waals surface area contributed by atoms with Gasteiger partial charge in [-0.2, -0.15) is 0 Å². The highest BCUT2D eigenvalue weighted by Gasteiger charge is 2.21. The van der Waals surface area contributed by atoms with Gasteiger partial charge in [-0.05, 0) is 25.5 Å². The van der Waals surface area contributed by atoms with Crippen molar-refractivity contribution in [2.45, 2.75) is 26.3 Å². The van der Waals surface area contributed by atoms with Gasteiger partial charge >= 0.3 is 5.97 Å². The fourth-order valence-electron chi connectivity index (χ4n) is 1.67. The van der Waals surface area contributed by atoms with Crippen LogP contribution in [-0.2, 0) is 9.59 Å². The van der Waals surface area contributed by atoms with Gasteiger partial charge in [-0.15, -0.1) is 0 Å². The molecule has 0 saturated heterocycles. The number of benzene rings is 1. The molecule has 0 spiro atoms. The Bertz CT molecular complexity index is 444. The van der Waals surface area contributed by atoms with Crippen LogP contribution in [0.25, 0.3) is 0 Å². The second kappa shape index (κ2) is 6.16. The Morgan fingerprint density at radius 2 is 2.00 bits per heavy atom. The van der Waals surface area contributed by atoms with Crippen LogP contribution in [0.4, 0.5) is 5.69 Å². The number of aryl methyl sites for hydroxylation is 1. The van der Waals surface area contributed by atoms with E-state index in [0.717, 1.165) is 5.56 Å². The molecule has 5 heteroatoms. The molecule has 0 unspecified atom stereocenters. The summed E-state index contributed by atoms with van der Waals surface area (Å²) in [7, 11) is 0. The van der Waals surface area contributed by atoms with Gasteiger partial charge < -0.3 is 15.7 Å². The van der Waals surface area contributed by atoms with Crippen LogP contribution in [0.5, 0.6) is 0 Å². The minimum Gasteiger partial charge on any atom is -0.481 e. The predicted molar refractivity (Wildman–Crippen MR) is 69.4 cm³/mol. The van der Waals surface area contributed by atoms with E-state index in [2.05, 4.69) is 0 Å². The number of para-hydroxylation sites is 1. The van der Waals surface area contributed by atoms with Crippen LogP contribution in [0.1, 0.15) is 18.9 Å². The van der Waals surface area contributed by atoms with Crippen LogP contribution < -0.4 is 10.6 Å². The number of anilines is 1. The zero-order valence-electron chi connectivity index (χ0n) is 10.6. The summed E-state index contributed by atoms with van der Waals surface area (Å²) < 4.78 is 0. The van der Waals surface area contributed by atoms with Crippen LogP contribution >= 0.6 is 0 Å². The molecule has 1 atom stereocenters. The number of hydrogen-bond acceptors (Lipinski definition) is 3. The summed E-state index contributed by atoms with van der Waals surface area (Å²) >= 11 is 0. The van der Waals surface area contributed by atoms with E-state index in [-0.39, 0.29) is 18.9 Å². The summed E-state index contributed by atoms with van der Waals surface area (Å²) in [5, 5.41) is 8.73. The average molecular weight is 250 g/mol. The molecule has 5 nitrogen and oxygen atoms in total. The highest BCUT2D eigenvalue weighted by molar-refractivity contribution is 5.97. The summed E-state index contributed by atoms with van der Waals surface area (Å²) in [4.78, 5) is 24.1. The molecule has 0 bridgehead atoms. The van der Waals surface area contributed by atoms with E-state index in [1.165, 1.54) is 4.90 Å². The number of aliphatic carboxylic acids is 1. The Labute approximate surface area is 106 Å². The Morgan fingerprint density at radius 3 is 2.50 bits per heavy atom. The number of carboxylic acids is 1. The molecule has 0 aromatic heterocycles. The third-order valence-electron chi connectivity index (χ3n) is 2.61. The third kappa shape index (κ3) is 3.56. The molecule has 1 aromatic rings. The average Bonchev–Trinajstić information content (AvgIpc) is 2.30. The first-order chi connectivity index (χ1) is 8.43. The number of carbonyl (C=O) groups excluding carboxylic acids is 1. The Hall–Kier alpha value is -1.88. The van der Waals surface area contributed by atoms with Gasteiger partial charge in [-0.3, -0.25) is 9.59 Å². The van der Waals surface area contributed by atoms with Gasteiger partial charge in [0.1, 0.15) is 0 Å². The lowest BCUT2D eigenvalue weighted by Crippen LogP contribution is -2.43. The van der Waals surface area contributed by atoms with Crippen molar-refractivity contribution in [1.82, 2.24) is 0 Å². The first kappa shape index (κ1) is 14.2. The van der Waals surface area contributed by atoms with E-state index in [9.17, 15) is 9.59 Å². The van der Waals surface area contributed by atoms with Crippen molar-refractivity contribution >= 4 is 17.6 Å². The molecule has 1 aromatic carbocycles. The maximum Gasteiger partial charge on any atom is 0.305 e. The maximum absolute atomic E-state index is 12.0. The van der Waals surface area contributed by atoms with Crippen molar-refractivity contribution in [1.29, 1.82) is 0 Å². The number of nitrogens with zero attached hydrogens (tertiary/aromatic N) is 1. The molecule has 1 rings (SSSR count). The van der Waals surface area contributed by atoms with Gasteiger partial charge in [0.15, 0.2) is 0 Å². The molecular weight excluding hydrogens is 232 g/mol. The lowest BCUT2D eigenvalue weighted by atomic mass is 10.1. The lowest BCUT2D eigenvalue weighted by Gasteiger charge is -2.25. The summed E-state index contributed by atoms with van der Waals surface area (Å²) in [6.07, 6.45) is -0.104. The van der Waals surface area contributed by atoms with Crippen molar-refractivity contribution in [3.05, 3.63) is 29.8 Å². The zero-order valence-corrected chi connectivity index (χ0v) is 10.6. The molecule has 18 heavy (non-hydrogen) atoms. The Kier molecular flexibility index (Phi) is 4.85. The molecule has 98 valence electrons. The second-order valence-corrected chi connectivity index (χ2v) is 4.21. The number of rotatable bonds is 5. The van der Waals surface area contributed by atoms with Crippen molar-refractivity contribution in [3.8, 4) is 0 Å². The van der Waals surface area contributed by atoms with Crippen molar-refractivity contribution < 1.29 is 14.7 Å². The minimum atomic E-state index is -0.939. The number of nitrogens with two attached hydrogens (primary N) is 1. The highest BCUT2D eigenvalue weighted by Crippen LogP contribution is 2.20.